The first kappa shape index (κ1) is 15.1. The van der Waals surface area contributed by atoms with Gasteiger partial charge in [-0.3, -0.25) is 4.79 Å². The Labute approximate surface area is 128 Å². The third kappa shape index (κ3) is 4.09. The second kappa shape index (κ2) is 7.47. The molecule has 2 aromatic carbocycles. The summed E-state index contributed by atoms with van der Waals surface area (Å²) in [6, 6.07) is 17.9. The maximum absolute atomic E-state index is 11.8. The lowest BCUT2D eigenvalue weighted by molar-refractivity contribution is -0.115. The summed E-state index contributed by atoms with van der Waals surface area (Å²) in [7, 11) is 0. The smallest absolute Gasteiger partial charge is 0.226 e. The lowest BCUT2D eigenvalue weighted by atomic mass is 10.2. The van der Waals surface area contributed by atoms with Gasteiger partial charge in [0.25, 0.3) is 0 Å². The first-order valence-corrected chi connectivity index (χ1v) is 6.76. The highest BCUT2D eigenvalue weighted by Crippen LogP contribution is 2.13. The Balaban J connectivity index is 1.83. The first-order chi connectivity index (χ1) is 10.7. The van der Waals surface area contributed by atoms with Gasteiger partial charge in [-0.1, -0.05) is 12.1 Å². The topological polar surface area (TPSA) is 88.7 Å². The van der Waals surface area contributed by atoms with Gasteiger partial charge in [0.15, 0.2) is 0 Å². The molecular weight excluding hydrogens is 276 g/mol. The zero-order chi connectivity index (χ0) is 15.8. The van der Waals surface area contributed by atoms with Gasteiger partial charge >= 0.3 is 0 Å². The average molecular weight is 290 g/mol. The van der Waals surface area contributed by atoms with E-state index in [0.717, 1.165) is 5.69 Å². The van der Waals surface area contributed by atoms with Gasteiger partial charge in [0.1, 0.15) is 6.07 Å². The van der Waals surface area contributed by atoms with Crippen LogP contribution in [0.4, 0.5) is 11.4 Å². The van der Waals surface area contributed by atoms with Gasteiger partial charge in [-0.2, -0.15) is 10.5 Å². The Morgan fingerprint density at radius 2 is 1.73 bits per heavy atom. The molecule has 0 saturated heterocycles. The van der Waals surface area contributed by atoms with E-state index in [2.05, 4.69) is 16.7 Å². The molecule has 0 fully saturated rings. The summed E-state index contributed by atoms with van der Waals surface area (Å²) in [6.45, 7) is 0.431. The van der Waals surface area contributed by atoms with E-state index in [1.165, 1.54) is 0 Å². The Bertz CT molecular complexity index is 738. The zero-order valence-corrected chi connectivity index (χ0v) is 11.8. The fourth-order valence-electron chi connectivity index (χ4n) is 1.90. The van der Waals surface area contributed by atoms with Crippen LogP contribution in [0.5, 0.6) is 0 Å². The third-order valence-corrected chi connectivity index (χ3v) is 3.01. The van der Waals surface area contributed by atoms with Crippen molar-refractivity contribution in [3.63, 3.8) is 0 Å². The standard InChI is InChI=1S/C17H14N4O/c18-11-13-5-7-15(8-6-13)21-17(22)9-10-20-16-4-2-1-3-14(16)12-19/h1-8,20H,9-10H2,(H,21,22). The van der Waals surface area contributed by atoms with E-state index in [1.54, 1.807) is 42.5 Å². The number of para-hydroxylation sites is 1. The van der Waals surface area contributed by atoms with E-state index in [0.29, 0.717) is 23.4 Å². The number of nitrogens with zero attached hydrogens (tertiary/aromatic N) is 2. The Morgan fingerprint density at radius 1 is 1.00 bits per heavy atom. The molecule has 2 aromatic rings. The van der Waals surface area contributed by atoms with Gasteiger partial charge in [0, 0.05) is 18.7 Å². The molecule has 0 bridgehead atoms. The van der Waals surface area contributed by atoms with Crippen molar-refractivity contribution in [2.45, 2.75) is 6.42 Å². The predicted octanol–water partition coefficient (Wildman–Crippen LogP) is 2.87. The number of hydrogen-bond acceptors (Lipinski definition) is 4. The highest BCUT2D eigenvalue weighted by atomic mass is 16.1. The summed E-state index contributed by atoms with van der Waals surface area (Å²) in [5, 5.41) is 23.5. The van der Waals surface area contributed by atoms with Crippen LogP contribution in [-0.2, 0) is 4.79 Å². The normalized spacial score (nSPS) is 9.36. The molecule has 0 saturated carbocycles. The molecule has 0 aromatic heterocycles. The van der Waals surface area contributed by atoms with Crippen LogP contribution in [0.3, 0.4) is 0 Å². The van der Waals surface area contributed by atoms with Crippen LogP contribution in [-0.4, -0.2) is 12.5 Å². The Kier molecular flexibility index (Phi) is 5.12. The molecule has 1 amide bonds. The lowest BCUT2D eigenvalue weighted by Gasteiger charge is -2.08. The number of amides is 1. The molecular formula is C17H14N4O. The van der Waals surface area contributed by atoms with Crippen LogP contribution in [0.2, 0.25) is 0 Å². The average Bonchev–Trinajstić information content (AvgIpc) is 2.56. The molecule has 108 valence electrons. The number of nitriles is 2. The number of anilines is 2. The molecule has 2 rings (SSSR count). The number of benzene rings is 2. The number of nitrogens with one attached hydrogen (secondary N) is 2. The highest BCUT2D eigenvalue weighted by Gasteiger charge is 2.04. The van der Waals surface area contributed by atoms with Crippen LogP contribution in [0.15, 0.2) is 48.5 Å². The molecule has 2 N–H and O–H groups in total. The van der Waals surface area contributed by atoms with Gasteiger partial charge in [0.05, 0.1) is 22.9 Å². The van der Waals surface area contributed by atoms with E-state index >= 15 is 0 Å². The summed E-state index contributed by atoms with van der Waals surface area (Å²) >= 11 is 0. The van der Waals surface area contributed by atoms with Crippen molar-refractivity contribution < 1.29 is 4.79 Å². The van der Waals surface area contributed by atoms with Crippen molar-refractivity contribution in [1.29, 1.82) is 10.5 Å². The van der Waals surface area contributed by atoms with Crippen molar-refractivity contribution in [2.24, 2.45) is 0 Å². The summed E-state index contributed by atoms with van der Waals surface area (Å²) in [4.78, 5) is 11.8. The second-order valence-electron chi connectivity index (χ2n) is 4.57. The molecule has 0 unspecified atom stereocenters. The zero-order valence-electron chi connectivity index (χ0n) is 11.8. The van der Waals surface area contributed by atoms with Crippen LogP contribution in [0.25, 0.3) is 0 Å². The first-order valence-electron chi connectivity index (χ1n) is 6.76. The minimum absolute atomic E-state index is 0.133. The molecule has 0 aliphatic carbocycles. The second-order valence-corrected chi connectivity index (χ2v) is 4.57. The molecule has 0 spiro atoms. The SMILES string of the molecule is N#Cc1ccc(NC(=O)CCNc2ccccc2C#N)cc1. The number of hydrogen-bond donors (Lipinski definition) is 2. The molecule has 5 heteroatoms. The lowest BCUT2D eigenvalue weighted by Crippen LogP contribution is -2.16. The molecule has 5 nitrogen and oxygen atoms in total. The minimum atomic E-state index is -0.133. The van der Waals surface area contributed by atoms with E-state index in [9.17, 15) is 4.79 Å². The number of rotatable bonds is 5. The Hall–Kier alpha value is -3.31. The third-order valence-electron chi connectivity index (χ3n) is 3.01. The fraction of sp³-hybridized carbons (Fsp3) is 0.118. The van der Waals surface area contributed by atoms with Crippen molar-refractivity contribution in [2.75, 3.05) is 17.2 Å². The molecule has 0 heterocycles. The van der Waals surface area contributed by atoms with Gasteiger partial charge < -0.3 is 10.6 Å². The van der Waals surface area contributed by atoms with E-state index in [1.807, 2.05) is 12.1 Å². The van der Waals surface area contributed by atoms with Crippen LogP contribution < -0.4 is 10.6 Å². The van der Waals surface area contributed by atoms with Crippen LogP contribution in [0, 0.1) is 22.7 Å². The van der Waals surface area contributed by atoms with E-state index < -0.39 is 0 Å². The largest absolute Gasteiger partial charge is 0.383 e. The van der Waals surface area contributed by atoms with E-state index in [-0.39, 0.29) is 12.3 Å². The van der Waals surface area contributed by atoms with Crippen LogP contribution >= 0.6 is 0 Å². The monoisotopic (exact) mass is 290 g/mol. The predicted molar refractivity (Wildman–Crippen MR) is 84.1 cm³/mol. The summed E-state index contributed by atoms with van der Waals surface area (Å²) in [6.07, 6.45) is 0.278. The fourth-order valence-corrected chi connectivity index (χ4v) is 1.90. The van der Waals surface area contributed by atoms with E-state index in [4.69, 9.17) is 10.5 Å². The van der Waals surface area contributed by atoms with Crippen molar-refractivity contribution in [3.8, 4) is 12.1 Å². The maximum atomic E-state index is 11.8. The minimum Gasteiger partial charge on any atom is -0.383 e. The Morgan fingerprint density at radius 3 is 2.41 bits per heavy atom. The van der Waals surface area contributed by atoms with Gasteiger partial charge in [-0.05, 0) is 36.4 Å². The number of carbonyl (C=O) groups is 1. The quantitative estimate of drug-likeness (QED) is 0.886. The summed E-state index contributed by atoms with van der Waals surface area (Å²) in [5.74, 6) is -0.133. The van der Waals surface area contributed by atoms with Gasteiger partial charge in [0.2, 0.25) is 5.91 Å². The molecule has 22 heavy (non-hydrogen) atoms. The molecule has 0 atom stereocenters. The number of carbonyl (C=O) groups excluding carboxylic acids is 1. The summed E-state index contributed by atoms with van der Waals surface area (Å²) < 4.78 is 0. The van der Waals surface area contributed by atoms with Gasteiger partial charge in [-0.25, -0.2) is 0 Å². The molecule has 0 aliphatic heterocycles. The summed E-state index contributed by atoms with van der Waals surface area (Å²) in [5.41, 5.74) is 2.47. The molecule has 0 radical (unpaired) electrons. The van der Waals surface area contributed by atoms with Crippen molar-refractivity contribution in [1.82, 2.24) is 0 Å². The molecule has 0 aliphatic rings. The highest BCUT2D eigenvalue weighted by molar-refractivity contribution is 5.91. The maximum Gasteiger partial charge on any atom is 0.226 e. The van der Waals surface area contributed by atoms with Crippen LogP contribution in [0.1, 0.15) is 17.5 Å². The van der Waals surface area contributed by atoms with Crippen molar-refractivity contribution >= 4 is 17.3 Å². The van der Waals surface area contributed by atoms with Gasteiger partial charge in [-0.15, -0.1) is 0 Å². The van der Waals surface area contributed by atoms with Crippen molar-refractivity contribution in [3.05, 3.63) is 59.7 Å².